The summed E-state index contributed by atoms with van der Waals surface area (Å²) in [4.78, 5) is 18.6. The molecule has 0 aliphatic rings. The molecule has 1 amide bonds. The molecule has 0 spiro atoms. The second-order valence-electron chi connectivity index (χ2n) is 4.88. The van der Waals surface area contributed by atoms with Crippen molar-refractivity contribution in [2.45, 2.75) is 26.8 Å². The Kier molecular flexibility index (Phi) is 4.35. The van der Waals surface area contributed by atoms with Gasteiger partial charge in [-0.25, -0.2) is 4.98 Å². The fourth-order valence-electron chi connectivity index (χ4n) is 2.54. The van der Waals surface area contributed by atoms with Gasteiger partial charge < -0.3 is 15.4 Å². The van der Waals surface area contributed by atoms with Crippen molar-refractivity contribution in [2.75, 3.05) is 25.9 Å². The van der Waals surface area contributed by atoms with E-state index < -0.39 is 6.04 Å². The van der Waals surface area contributed by atoms with Gasteiger partial charge in [0.05, 0.1) is 18.1 Å². The predicted octanol–water partition coefficient (Wildman–Crippen LogP) is 2.06. The minimum atomic E-state index is -0.401. The average molecular weight is 290 g/mol. The van der Waals surface area contributed by atoms with E-state index in [4.69, 9.17) is 10.5 Å². The van der Waals surface area contributed by atoms with E-state index in [1.807, 2.05) is 39.0 Å². The molecule has 1 heterocycles. The Balaban J connectivity index is 2.49. The largest absolute Gasteiger partial charge is 0.497 e. The summed E-state index contributed by atoms with van der Waals surface area (Å²) in [6.45, 7) is 7.13. The third-order valence-electron chi connectivity index (χ3n) is 3.74. The predicted molar refractivity (Wildman–Crippen MR) is 83.3 cm³/mol. The minimum Gasteiger partial charge on any atom is -0.497 e. The standard InChI is InChI=1S/C15H22N4O2/c1-5-18(6-2)14(20)10(3)19-13-9-11(21-4)7-8-12(13)17-15(19)16/h7-10H,5-6H2,1-4H3,(H2,16,17). The molecule has 0 aliphatic heterocycles. The molecule has 0 fully saturated rings. The number of nitrogen functional groups attached to an aromatic ring is 1. The minimum absolute atomic E-state index is 0.0359. The Hall–Kier alpha value is -2.24. The number of imidazole rings is 1. The highest BCUT2D eigenvalue weighted by Crippen LogP contribution is 2.27. The van der Waals surface area contributed by atoms with Crippen molar-refractivity contribution in [2.24, 2.45) is 0 Å². The Morgan fingerprint density at radius 1 is 1.43 bits per heavy atom. The first kappa shape index (κ1) is 15.2. The molecule has 2 rings (SSSR count). The number of hydrogen-bond donors (Lipinski definition) is 1. The molecule has 114 valence electrons. The van der Waals surface area contributed by atoms with E-state index >= 15 is 0 Å². The van der Waals surface area contributed by atoms with Crippen LogP contribution in [0, 0.1) is 0 Å². The first-order valence-electron chi connectivity index (χ1n) is 7.13. The maximum absolute atomic E-state index is 12.5. The molecular weight excluding hydrogens is 268 g/mol. The summed E-state index contributed by atoms with van der Waals surface area (Å²) in [7, 11) is 1.61. The lowest BCUT2D eigenvalue weighted by molar-refractivity contribution is -0.133. The van der Waals surface area contributed by atoms with Crippen molar-refractivity contribution >= 4 is 22.9 Å². The lowest BCUT2D eigenvalue weighted by Crippen LogP contribution is -2.36. The number of ether oxygens (including phenoxy) is 1. The number of carbonyl (C=O) groups is 1. The van der Waals surface area contributed by atoms with Gasteiger partial charge in [-0.2, -0.15) is 0 Å². The molecule has 1 atom stereocenters. The fourth-order valence-corrected chi connectivity index (χ4v) is 2.54. The fraction of sp³-hybridized carbons (Fsp3) is 0.467. The van der Waals surface area contributed by atoms with Crippen molar-refractivity contribution in [3.8, 4) is 5.75 Å². The number of carbonyl (C=O) groups excluding carboxylic acids is 1. The molecule has 0 radical (unpaired) electrons. The number of nitrogens with zero attached hydrogens (tertiary/aromatic N) is 3. The molecule has 1 unspecified atom stereocenters. The normalized spacial score (nSPS) is 12.4. The van der Waals surface area contributed by atoms with Crippen molar-refractivity contribution in [1.29, 1.82) is 0 Å². The van der Waals surface area contributed by atoms with E-state index in [2.05, 4.69) is 4.98 Å². The summed E-state index contributed by atoms with van der Waals surface area (Å²) in [5.41, 5.74) is 7.57. The number of amides is 1. The van der Waals surface area contributed by atoms with E-state index in [1.54, 1.807) is 16.6 Å². The highest BCUT2D eigenvalue weighted by atomic mass is 16.5. The van der Waals surface area contributed by atoms with Gasteiger partial charge in [-0.3, -0.25) is 9.36 Å². The maximum atomic E-state index is 12.5. The van der Waals surface area contributed by atoms with Gasteiger partial charge >= 0.3 is 0 Å². The van der Waals surface area contributed by atoms with Crippen LogP contribution in [0.25, 0.3) is 11.0 Å². The summed E-state index contributed by atoms with van der Waals surface area (Å²) in [5, 5.41) is 0. The summed E-state index contributed by atoms with van der Waals surface area (Å²) in [5.74, 6) is 1.09. The van der Waals surface area contributed by atoms with Crippen molar-refractivity contribution in [3.05, 3.63) is 18.2 Å². The van der Waals surface area contributed by atoms with Gasteiger partial charge in [-0.15, -0.1) is 0 Å². The van der Waals surface area contributed by atoms with Gasteiger partial charge in [0, 0.05) is 19.2 Å². The first-order valence-corrected chi connectivity index (χ1v) is 7.13. The third kappa shape index (κ3) is 2.66. The summed E-state index contributed by atoms with van der Waals surface area (Å²) < 4.78 is 7.00. The molecule has 2 N–H and O–H groups in total. The number of aromatic nitrogens is 2. The Morgan fingerprint density at radius 3 is 2.67 bits per heavy atom. The van der Waals surface area contributed by atoms with Gasteiger partial charge in [-0.05, 0) is 32.9 Å². The zero-order chi connectivity index (χ0) is 15.6. The zero-order valence-electron chi connectivity index (χ0n) is 13.0. The lowest BCUT2D eigenvalue weighted by atomic mass is 10.2. The number of hydrogen-bond acceptors (Lipinski definition) is 4. The van der Waals surface area contributed by atoms with E-state index in [0.717, 1.165) is 11.0 Å². The van der Waals surface area contributed by atoms with Crippen LogP contribution in [0.2, 0.25) is 0 Å². The molecule has 0 saturated heterocycles. The molecular formula is C15H22N4O2. The third-order valence-corrected chi connectivity index (χ3v) is 3.74. The lowest BCUT2D eigenvalue weighted by Gasteiger charge is -2.24. The Bertz CT molecular complexity index is 646. The number of likely N-dealkylation sites (N-methyl/N-ethyl adjacent to an activating group) is 1. The molecule has 21 heavy (non-hydrogen) atoms. The summed E-state index contributed by atoms with van der Waals surface area (Å²) >= 11 is 0. The van der Waals surface area contributed by atoms with Crippen LogP contribution >= 0.6 is 0 Å². The van der Waals surface area contributed by atoms with Gasteiger partial charge in [0.1, 0.15) is 11.8 Å². The van der Waals surface area contributed by atoms with Gasteiger partial charge in [0.25, 0.3) is 0 Å². The average Bonchev–Trinajstić information content (AvgIpc) is 2.82. The van der Waals surface area contributed by atoms with Crippen LogP contribution in [0.4, 0.5) is 5.95 Å². The van der Waals surface area contributed by atoms with Crippen LogP contribution in [-0.4, -0.2) is 40.6 Å². The second kappa shape index (κ2) is 6.03. The summed E-state index contributed by atoms with van der Waals surface area (Å²) in [6, 6.07) is 5.12. The summed E-state index contributed by atoms with van der Waals surface area (Å²) in [6.07, 6.45) is 0. The number of benzene rings is 1. The number of nitrogens with two attached hydrogens (primary N) is 1. The first-order chi connectivity index (χ1) is 10.0. The van der Waals surface area contributed by atoms with Crippen molar-refractivity contribution in [1.82, 2.24) is 14.5 Å². The molecule has 1 aromatic carbocycles. The van der Waals surface area contributed by atoms with Crippen LogP contribution in [0.5, 0.6) is 5.75 Å². The van der Waals surface area contributed by atoms with Crippen LogP contribution < -0.4 is 10.5 Å². The molecule has 0 aliphatic carbocycles. The van der Waals surface area contributed by atoms with E-state index in [0.29, 0.717) is 24.8 Å². The smallest absolute Gasteiger partial charge is 0.245 e. The van der Waals surface area contributed by atoms with Crippen LogP contribution in [-0.2, 0) is 4.79 Å². The molecule has 1 aromatic heterocycles. The SMILES string of the molecule is CCN(CC)C(=O)C(C)n1c(N)nc2ccc(OC)cc21. The highest BCUT2D eigenvalue weighted by molar-refractivity contribution is 5.86. The number of fused-ring (bicyclic) bond motifs is 1. The second-order valence-corrected chi connectivity index (χ2v) is 4.88. The molecule has 6 nitrogen and oxygen atoms in total. The molecule has 6 heteroatoms. The number of methoxy groups -OCH3 is 1. The van der Waals surface area contributed by atoms with Gasteiger partial charge in [0.2, 0.25) is 11.9 Å². The Labute approximate surface area is 124 Å². The number of rotatable bonds is 5. The highest BCUT2D eigenvalue weighted by Gasteiger charge is 2.23. The maximum Gasteiger partial charge on any atom is 0.245 e. The van der Waals surface area contributed by atoms with Gasteiger partial charge in [0.15, 0.2) is 0 Å². The van der Waals surface area contributed by atoms with E-state index in [1.165, 1.54) is 0 Å². The van der Waals surface area contributed by atoms with Crippen molar-refractivity contribution < 1.29 is 9.53 Å². The van der Waals surface area contributed by atoms with E-state index in [-0.39, 0.29) is 5.91 Å². The molecule has 0 saturated carbocycles. The van der Waals surface area contributed by atoms with Gasteiger partial charge in [-0.1, -0.05) is 0 Å². The number of anilines is 1. The Morgan fingerprint density at radius 2 is 2.10 bits per heavy atom. The van der Waals surface area contributed by atoms with Crippen LogP contribution in [0.15, 0.2) is 18.2 Å². The zero-order valence-corrected chi connectivity index (χ0v) is 13.0. The van der Waals surface area contributed by atoms with Crippen LogP contribution in [0.3, 0.4) is 0 Å². The quantitative estimate of drug-likeness (QED) is 0.914. The molecule has 2 aromatic rings. The van der Waals surface area contributed by atoms with Crippen LogP contribution in [0.1, 0.15) is 26.8 Å². The monoisotopic (exact) mass is 290 g/mol. The van der Waals surface area contributed by atoms with Crippen molar-refractivity contribution in [3.63, 3.8) is 0 Å². The molecule has 0 bridgehead atoms. The van der Waals surface area contributed by atoms with E-state index in [9.17, 15) is 4.79 Å². The topological polar surface area (TPSA) is 73.4 Å².